The highest BCUT2D eigenvalue weighted by molar-refractivity contribution is 9.10. The molecule has 1 aromatic rings. The molecule has 14 heavy (non-hydrogen) atoms. The fourth-order valence-corrected chi connectivity index (χ4v) is 2.87. The van der Waals surface area contributed by atoms with Gasteiger partial charge in [-0.25, -0.2) is 0 Å². The number of aryl methyl sites for hydroxylation is 1. The Morgan fingerprint density at radius 3 is 2.79 bits per heavy atom. The van der Waals surface area contributed by atoms with Gasteiger partial charge in [-0.2, -0.15) is 0 Å². The van der Waals surface area contributed by atoms with Gasteiger partial charge in [0.15, 0.2) is 0 Å². The number of hydrogen-bond acceptors (Lipinski definition) is 1. The summed E-state index contributed by atoms with van der Waals surface area (Å²) >= 11 is 3.65. The highest BCUT2D eigenvalue weighted by Crippen LogP contribution is 2.33. The van der Waals surface area contributed by atoms with E-state index in [0.717, 1.165) is 6.54 Å². The first kappa shape index (κ1) is 10.2. The van der Waals surface area contributed by atoms with Crippen LogP contribution in [0.4, 0.5) is 0 Å². The Hall–Kier alpha value is -0.340. The maximum Gasteiger partial charge on any atom is 0.0334 e. The van der Waals surface area contributed by atoms with Crippen LogP contribution in [0.15, 0.2) is 16.6 Å². The smallest absolute Gasteiger partial charge is 0.0334 e. The molecule has 0 spiro atoms. The Morgan fingerprint density at radius 2 is 2.14 bits per heavy atom. The van der Waals surface area contributed by atoms with Crippen molar-refractivity contribution in [1.29, 1.82) is 0 Å². The van der Waals surface area contributed by atoms with Gasteiger partial charge in [0, 0.05) is 10.5 Å². The van der Waals surface area contributed by atoms with Gasteiger partial charge in [-0.3, -0.25) is 0 Å². The molecule has 0 saturated carbocycles. The van der Waals surface area contributed by atoms with E-state index in [0.29, 0.717) is 6.04 Å². The van der Waals surface area contributed by atoms with Crippen molar-refractivity contribution in [3.8, 4) is 0 Å². The maximum atomic E-state index is 3.65. The first-order valence-electron chi connectivity index (χ1n) is 5.19. The highest BCUT2D eigenvalue weighted by Gasteiger charge is 2.20. The zero-order chi connectivity index (χ0) is 10.1. The minimum absolute atomic E-state index is 0.560. The van der Waals surface area contributed by atoms with E-state index in [1.165, 1.54) is 34.0 Å². The lowest BCUT2D eigenvalue weighted by Crippen LogP contribution is -2.15. The molecule has 0 radical (unpaired) electrons. The van der Waals surface area contributed by atoms with E-state index in [2.05, 4.69) is 47.2 Å². The average Bonchev–Trinajstić information content (AvgIpc) is 2.65. The number of benzene rings is 1. The molecule has 1 heterocycles. The lowest BCUT2D eigenvalue weighted by atomic mass is 9.96. The van der Waals surface area contributed by atoms with Gasteiger partial charge in [0.05, 0.1) is 0 Å². The van der Waals surface area contributed by atoms with Gasteiger partial charge in [-0.1, -0.05) is 22.0 Å². The summed E-state index contributed by atoms with van der Waals surface area (Å²) in [5.41, 5.74) is 4.28. The molecule has 0 bridgehead atoms. The molecule has 1 aromatic carbocycles. The molecule has 1 saturated heterocycles. The van der Waals surface area contributed by atoms with Crippen molar-refractivity contribution in [1.82, 2.24) is 5.32 Å². The fraction of sp³-hybridized carbons (Fsp3) is 0.500. The maximum absolute atomic E-state index is 3.65. The summed E-state index contributed by atoms with van der Waals surface area (Å²) in [6, 6.07) is 4.90. The molecule has 0 aromatic heterocycles. The van der Waals surface area contributed by atoms with E-state index >= 15 is 0 Å². The minimum Gasteiger partial charge on any atom is -0.310 e. The number of nitrogens with one attached hydrogen (secondary N) is 1. The second kappa shape index (κ2) is 4.03. The number of rotatable bonds is 1. The van der Waals surface area contributed by atoms with E-state index < -0.39 is 0 Å². The van der Waals surface area contributed by atoms with E-state index in [9.17, 15) is 0 Å². The predicted molar refractivity (Wildman–Crippen MR) is 63.6 cm³/mol. The van der Waals surface area contributed by atoms with Crippen molar-refractivity contribution in [2.75, 3.05) is 6.54 Å². The van der Waals surface area contributed by atoms with Crippen LogP contribution >= 0.6 is 15.9 Å². The van der Waals surface area contributed by atoms with E-state index in [1.807, 2.05) is 0 Å². The SMILES string of the molecule is Cc1ccc(Br)c(C2CCCN2)c1C. The second-order valence-electron chi connectivity index (χ2n) is 4.05. The summed E-state index contributed by atoms with van der Waals surface area (Å²) in [5.74, 6) is 0. The Morgan fingerprint density at radius 1 is 1.36 bits per heavy atom. The van der Waals surface area contributed by atoms with E-state index in [1.54, 1.807) is 0 Å². The summed E-state index contributed by atoms with van der Waals surface area (Å²) < 4.78 is 1.25. The first-order valence-corrected chi connectivity index (χ1v) is 5.98. The van der Waals surface area contributed by atoms with Crippen LogP contribution in [0.2, 0.25) is 0 Å². The Bertz CT molecular complexity index is 340. The monoisotopic (exact) mass is 253 g/mol. The summed E-state index contributed by atoms with van der Waals surface area (Å²) in [5, 5.41) is 3.55. The molecule has 1 fully saturated rings. The summed E-state index contributed by atoms with van der Waals surface area (Å²) in [6.45, 7) is 5.56. The van der Waals surface area contributed by atoms with Gasteiger partial charge in [-0.15, -0.1) is 0 Å². The quantitative estimate of drug-likeness (QED) is 0.808. The highest BCUT2D eigenvalue weighted by atomic mass is 79.9. The van der Waals surface area contributed by atoms with Gasteiger partial charge in [0.1, 0.15) is 0 Å². The Balaban J connectivity index is 2.44. The van der Waals surface area contributed by atoms with Crippen molar-refractivity contribution in [3.05, 3.63) is 33.3 Å². The molecule has 2 heteroatoms. The second-order valence-corrected chi connectivity index (χ2v) is 4.91. The largest absolute Gasteiger partial charge is 0.310 e. The van der Waals surface area contributed by atoms with Crippen molar-refractivity contribution < 1.29 is 0 Å². The van der Waals surface area contributed by atoms with Crippen molar-refractivity contribution >= 4 is 15.9 Å². The van der Waals surface area contributed by atoms with Crippen molar-refractivity contribution in [2.24, 2.45) is 0 Å². The summed E-state index contributed by atoms with van der Waals surface area (Å²) in [4.78, 5) is 0. The van der Waals surface area contributed by atoms with Gasteiger partial charge < -0.3 is 5.32 Å². The molecule has 1 atom stereocenters. The van der Waals surface area contributed by atoms with Crippen LogP contribution in [-0.2, 0) is 0 Å². The van der Waals surface area contributed by atoms with Gasteiger partial charge in [-0.05, 0) is 56.0 Å². The Labute approximate surface area is 94.0 Å². The topological polar surface area (TPSA) is 12.0 Å². The molecule has 1 N–H and O–H groups in total. The Kier molecular flexibility index (Phi) is 2.93. The van der Waals surface area contributed by atoms with E-state index in [4.69, 9.17) is 0 Å². The van der Waals surface area contributed by atoms with Crippen LogP contribution in [0.5, 0.6) is 0 Å². The normalized spacial score (nSPS) is 21.5. The third-order valence-electron chi connectivity index (χ3n) is 3.14. The van der Waals surface area contributed by atoms with Gasteiger partial charge in [0.2, 0.25) is 0 Å². The van der Waals surface area contributed by atoms with Crippen LogP contribution in [0.1, 0.15) is 35.6 Å². The standard InChI is InChI=1S/C12H16BrN/c1-8-5-6-10(13)12(9(8)2)11-4-3-7-14-11/h5-6,11,14H,3-4,7H2,1-2H3. The zero-order valence-corrected chi connectivity index (χ0v) is 10.3. The molecular formula is C12H16BrN. The molecule has 1 nitrogen and oxygen atoms in total. The number of halogens is 1. The third-order valence-corrected chi connectivity index (χ3v) is 3.83. The van der Waals surface area contributed by atoms with Crippen LogP contribution < -0.4 is 5.32 Å². The first-order chi connectivity index (χ1) is 6.70. The minimum atomic E-state index is 0.560. The zero-order valence-electron chi connectivity index (χ0n) is 8.73. The van der Waals surface area contributed by atoms with Crippen LogP contribution in [0.25, 0.3) is 0 Å². The molecule has 2 rings (SSSR count). The summed E-state index contributed by atoms with van der Waals surface area (Å²) in [7, 11) is 0. The molecule has 1 aliphatic heterocycles. The number of hydrogen-bond donors (Lipinski definition) is 1. The molecule has 1 unspecified atom stereocenters. The average molecular weight is 254 g/mol. The van der Waals surface area contributed by atoms with Crippen LogP contribution in [0, 0.1) is 13.8 Å². The van der Waals surface area contributed by atoms with Crippen LogP contribution in [0.3, 0.4) is 0 Å². The molecule has 76 valence electrons. The molecule has 0 aliphatic carbocycles. The van der Waals surface area contributed by atoms with Gasteiger partial charge >= 0.3 is 0 Å². The van der Waals surface area contributed by atoms with Crippen LogP contribution in [-0.4, -0.2) is 6.54 Å². The predicted octanol–water partition coefficient (Wildman–Crippen LogP) is 3.49. The van der Waals surface area contributed by atoms with Crippen molar-refractivity contribution in [3.63, 3.8) is 0 Å². The summed E-state index contributed by atoms with van der Waals surface area (Å²) in [6.07, 6.45) is 2.56. The molecule has 1 aliphatic rings. The van der Waals surface area contributed by atoms with Crippen molar-refractivity contribution in [2.45, 2.75) is 32.7 Å². The lowest BCUT2D eigenvalue weighted by molar-refractivity contribution is 0.640. The lowest BCUT2D eigenvalue weighted by Gasteiger charge is -2.17. The molecule has 0 amide bonds. The molecular weight excluding hydrogens is 238 g/mol. The van der Waals surface area contributed by atoms with E-state index in [-0.39, 0.29) is 0 Å². The fourth-order valence-electron chi connectivity index (χ4n) is 2.16. The third kappa shape index (κ3) is 1.73. The van der Waals surface area contributed by atoms with Gasteiger partial charge in [0.25, 0.3) is 0 Å².